The zero-order valence-electron chi connectivity index (χ0n) is 54.7. The molecule has 10 heterocycles. The highest BCUT2D eigenvalue weighted by Gasteiger charge is 2.51. The van der Waals surface area contributed by atoms with Crippen LogP contribution >= 0.6 is 0 Å². The van der Waals surface area contributed by atoms with Crippen molar-refractivity contribution in [2.24, 2.45) is 0 Å². The summed E-state index contributed by atoms with van der Waals surface area (Å²) in [5.74, 6) is 5.53. The standard InChI is InChI=1S/C82H74B2N6O2/c1-13-47(11)57-31-37-69-59(39-57)83-61-41-65(55-27-19-51(20-28-55)45(7)8)87-75-73-67(35-33-63(85-73)53-23-15-49(16-24-53)43(3)4)89(77(61)75)79-71(83)81(91-69)80-72-82(79)92-70-38-32-58(48(12)14-2)40-60(70)84(72)62-42-66(56-29-21-52(22-30-56)46(9)10)88-76-74-68(90(80)78(62)76)36-34-64(86-74)54-25-17-50(18-26-54)44(5)6/h15-48H,13-14H2,1-12H3. The Morgan fingerprint density at radius 2 is 0.652 bits per heavy atom. The Kier molecular flexibility index (Phi) is 12.9. The third kappa shape index (κ3) is 8.37. The Hall–Kier alpha value is -9.53. The molecule has 0 saturated heterocycles. The van der Waals surface area contributed by atoms with Crippen LogP contribution in [-0.2, 0) is 0 Å². The van der Waals surface area contributed by atoms with Crippen LogP contribution in [0.25, 0.3) is 101 Å². The molecule has 0 radical (unpaired) electrons. The van der Waals surface area contributed by atoms with E-state index in [1.165, 1.54) is 33.4 Å². The fraction of sp³-hybridized carbons (Fsp3) is 0.244. The molecular formula is C82H74B2N6O2. The van der Waals surface area contributed by atoms with Crippen LogP contribution in [-0.4, -0.2) is 42.5 Å². The van der Waals surface area contributed by atoms with Crippen molar-refractivity contribution in [3.05, 3.63) is 203 Å². The molecule has 92 heavy (non-hydrogen) atoms. The largest absolute Gasteiger partial charge is 0.456 e. The molecule has 0 amide bonds. The molecule has 8 nitrogen and oxygen atoms in total. The van der Waals surface area contributed by atoms with Crippen molar-refractivity contribution in [1.82, 2.24) is 29.1 Å². The fourth-order valence-electron chi connectivity index (χ4n) is 15.4. The molecule has 0 N–H and O–H groups in total. The van der Waals surface area contributed by atoms with E-state index in [2.05, 4.69) is 262 Å². The lowest BCUT2D eigenvalue weighted by Crippen LogP contribution is -2.63. The minimum absolute atomic E-state index is 0.309. The van der Waals surface area contributed by atoms with E-state index in [1.807, 2.05) is 0 Å². The molecule has 6 aromatic heterocycles. The van der Waals surface area contributed by atoms with Crippen molar-refractivity contribution >= 4 is 90.3 Å². The van der Waals surface area contributed by atoms with Crippen LogP contribution in [0.4, 0.5) is 0 Å². The number of benzene rings is 7. The molecule has 0 bridgehead atoms. The number of fused-ring (bicyclic) bond motifs is 16. The lowest BCUT2D eigenvalue weighted by molar-refractivity contribution is 0.472. The van der Waals surface area contributed by atoms with Crippen molar-refractivity contribution in [3.63, 3.8) is 0 Å². The van der Waals surface area contributed by atoms with Crippen molar-refractivity contribution in [1.29, 1.82) is 0 Å². The van der Waals surface area contributed by atoms with Gasteiger partial charge in [-0.25, -0.2) is 19.9 Å². The molecule has 2 atom stereocenters. The summed E-state index contributed by atoms with van der Waals surface area (Å²) >= 11 is 0. The van der Waals surface area contributed by atoms with Crippen molar-refractivity contribution in [3.8, 4) is 79.4 Å². The number of hydrogen-bond acceptors (Lipinski definition) is 6. The highest BCUT2D eigenvalue weighted by atomic mass is 16.5. The summed E-state index contributed by atoms with van der Waals surface area (Å²) in [6.07, 6.45) is 2.01. The summed E-state index contributed by atoms with van der Waals surface area (Å²) in [6.45, 7) is 26.6. The maximum absolute atomic E-state index is 7.93. The second kappa shape index (κ2) is 21.0. The van der Waals surface area contributed by atoms with Gasteiger partial charge < -0.3 is 18.6 Å². The Labute approximate surface area is 539 Å². The van der Waals surface area contributed by atoms with E-state index in [9.17, 15) is 0 Å². The molecule has 0 fully saturated rings. The van der Waals surface area contributed by atoms with Crippen LogP contribution in [0.15, 0.2) is 170 Å². The van der Waals surface area contributed by atoms with Gasteiger partial charge in [0.05, 0.1) is 56.2 Å². The Bertz CT molecular complexity index is 4900. The van der Waals surface area contributed by atoms with E-state index in [4.69, 9.17) is 29.4 Å². The number of rotatable bonds is 12. The maximum atomic E-state index is 7.93. The molecular weight excluding hydrogens is 1120 g/mol. The summed E-state index contributed by atoms with van der Waals surface area (Å²) < 4.78 is 20.8. The first kappa shape index (κ1) is 56.5. The summed E-state index contributed by atoms with van der Waals surface area (Å²) in [6, 6.07) is 63.6. The third-order valence-corrected chi connectivity index (χ3v) is 21.2. The second-order valence-electron chi connectivity index (χ2n) is 28.0. The number of nitrogens with zero attached hydrogens (tertiary/aromatic N) is 6. The molecule has 10 heteroatoms. The SMILES string of the molecule is CCC(C)c1ccc2c(c1)B1c3c(c4c5c(c3-n3c6ccc(-c7ccc(C(C)C)cc7)nc6c6nc(-c7ccc(C(C)C)cc7)cc1c63)Oc1ccc(C(C)CC)cc1B5c1cc(-c3ccc(C(C)C)cc3)nc3c5nc(-c6ccc(C(C)C)cc6)ccc5n-4c13)O2. The van der Waals surface area contributed by atoms with Gasteiger partial charge in [0.1, 0.15) is 45.1 Å². The van der Waals surface area contributed by atoms with Crippen LogP contribution in [0.3, 0.4) is 0 Å². The first-order valence-corrected chi connectivity index (χ1v) is 33.7. The lowest BCUT2D eigenvalue weighted by atomic mass is 9.31. The Balaban J connectivity index is 1.03. The van der Waals surface area contributed by atoms with Gasteiger partial charge in [0.15, 0.2) is 0 Å². The molecule has 450 valence electrons. The van der Waals surface area contributed by atoms with Gasteiger partial charge >= 0.3 is 0 Å². The second-order valence-corrected chi connectivity index (χ2v) is 28.0. The monoisotopic (exact) mass is 1200 g/mol. The molecule has 13 aromatic rings. The molecule has 4 aliphatic heterocycles. The van der Waals surface area contributed by atoms with Crippen LogP contribution in [0, 0.1) is 0 Å². The van der Waals surface area contributed by atoms with Gasteiger partial charge in [-0.05, 0) is 152 Å². The molecule has 4 aliphatic rings. The van der Waals surface area contributed by atoms with Gasteiger partial charge in [0, 0.05) is 33.2 Å². The van der Waals surface area contributed by atoms with E-state index in [-0.39, 0.29) is 13.4 Å². The molecule has 0 aliphatic carbocycles. The minimum atomic E-state index is -0.309. The Morgan fingerprint density at radius 1 is 0.337 bits per heavy atom. The van der Waals surface area contributed by atoms with E-state index in [0.717, 1.165) is 169 Å². The molecule has 2 unspecified atom stereocenters. The lowest BCUT2D eigenvalue weighted by Gasteiger charge is -2.41. The summed E-state index contributed by atoms with van der Waals surface area (Å²) in [7, 11) is 0. The van der Waals surface area contributed by atoms with E-state index in [1.54, 1.807) is 0 Å². The first-order chi connectivity index (χ1) is 44.6. The Morgan fingerprint density at radius 3 is 0.978 bits per heavy atom. The average Bonchev–Trinajstić information content (AvgIpc) is 1.29. The number of aromatic nitrogens is 6. The van der Waals surface area contributed by atoms with Crippen LogP contribution in [0.2, 0.25) is 0 Å². The first-order valence-electron chi connectivity index (χ1n) is 33.7. The molecule has 0 spiro atoms. The van der Waals surface area contributed by atoms with Gasteiger partial charge in [0.2, 0.25) is 0 Å². The average molecular weight is 1200 g/mol. The van der Waals surface area contributed by atoms with Gasteiger partial charge in [-0.3, -0.25) is 0 Å². The van der Waals surface area contributed by atoms with Crippen LogP contribution in [0.5, 0.6) is 23.0 Å². The number of hydrogen-bond donors (Lipinski definition) is 0. The predicted molar refractivity (Wildman–Crippen MR) is 384 cm³/mol. The zero-order valence-corrected chi connectivity index (χ0v) is 54.7. The molecule has 17 rings (SSSR count). The van der Waals surface area contributed by atoms with Gasteiger partial charge in [-0.15, -0.1) is 0 Å². The zero-order chi connectivity index (χ0) is 62.9. The highest BCUT2D eigenvalue weighted by Crippen LogP contribution is 2.49. The topological polar surface area (TPSA) is 79.9 Å². The van der Waals surface area contributed by atoms with Gasteiger partial charge in [-0.1, -0.05) is 204 Å². The van der Waals surface area contributed by atoms with Crippen molar-refractivity contribution < 1.29 is 9.47 Å². The quantitative estimate of drug-likeness (QED) is 0.113. The molecule has 7 aromatic carbocycles. The smallest absolute Gasteiger partial charge is 0.256 e. The van der Waals surface area contributed by atoms with Crippen molar-refractivity contribution in [2.45, 2.75) is 131 Å². The summed E-state index contributed by atoms with van der Waals surface area (Å²) in [5.41, 5.74) is 31.6. The number of ether oxygens (including phenoxy) is 2. The minimum Gasteiger partial charge on any atom is -0.456 e. The normalized spacial score (nSPS) is 14.0. The van der Waals surface area contributed by atoms with E-state index < -0.39 is 0 Å². The fourth-order valence-corrected chi connectivity index (χ4v) is 15.4. The van der Waals surface area contributed by atoms with Crippen LogP contribution < -0.4 is 42.3 Å². The van der Waals surface area contributed by atoms with Crippen molar-refractivity contribution in [2.75, 3.05) is 0 Å². The van der Waals surface area contributed by atoms with E-state index in [0.29, 0.717) is 35.5 Å². The highest BCUT2D eigenvalue weighted by molar-refractivity contribution is 7.02. The van der Waals surface area contributed by atoms with Gasteiger partial charge in [0.25, 0.3) is 13.4 Å². The molecule has 0 saturated carbocycles. The van der Waals surface area contributed by atoms with Gasteiger partial charge in [-0.2, -0.15) is 0 Å². The number of pyridine rings is 4. The predicted octanol–water partition coefficient (Wildman–Crippen LogP) is 17.5. The third-order valence-electron chi connectivity index (χ3n) is 21.2. The van der Waals surface area contributed by atoms with Crippen LogP contribution in [0.1, 0.15) is 165 Å². The summed E-state index contributed by atoms with van der Waals surface area (Å²) in [5, 5.41) is 0. The summed E-state index contributed by atoms with van der Waals surface area (Å²) in [4.78, 5) is 23.2. The van der Waals surface area contributed by atoms with E-state index >= 15 is 0 Å². The maximum Gasteiger partial charge on any atom is 0.256 e.